The van der Waals surface area contributed by atoms with Crippen molar-refractivity contribution in [1.82, 2.24) is 0 Å². The molecular weight excluding hydrogens is 412 g/mol. The van der Waals surface area contributed by atoms with Crippen LogP contribution in [0.1, 0.15) is 15.9 Å². The van der Waals surface area contributed by atoms with Crippen LogP contribution in [0.2, 0.25) is 20.1 Å². The van der Waals surface area contributed by atoms with E-state index < -0.39 is 5.97 Å². The first-order valence-electron chi connectivity index (χ1n) is 6.45. The summed E-state index contributed by atoms with van der Waals surface area (Å²) in [6, 6.07) is 7.96. The van der Waals surface area contributed by atoms with Gasteiger partial charge in [-0.3, -0.25) is 0 Å². The number of benzene rings is 2. The van der Waals surface area contributed by atoms with Gasteiger partial charge in [0, 0.05) is 0 Å². The van der Waals surface area contributed by atoms with E-state index >= 15 is 0 Å². The number of carboxylic acid groups (broad SMARTS) is 1. The molecule has 5 nitrogen and oxygen atoms in total. The van der Waals surface area contributed by atoms with Crippen LogP contribution in [0.15, 0.2) is 24.3 Å². The van der Waals surface area contributed by atoms with E-state index in [-0.39, 0.29) is 26.9 Å². The normalized spacial score (nSPS) is 9.48. The number of methoxy groups -OCH3 is 2. The third-order valence-corrected chi connectivity index (χ3v) is 4.08. The summed E-state index contributed by atoms with van der Waals surface area (Å²) < 4.78 is 9.73. The van der Waals surface area contributed by atoms with Crippen molar-refractivity contribution < 1.29 is 19.4 Å². The molecule has 0 heterocycles. The van der Waals surface area contributed by atoms with Crippen molar-refractivity contribution in [3.8, 4) is 17.6 Å². The Morgan fingerprint density at radius 1 is 0.920 bits per heavy atom. The maximum absolute atomic E-state index is 10.7. The molecular formula is C16H11Cl4NO4. The smallest absolute Gasteiger partial charge is 0.341 e. The summed E-state index contributed by atoms with van der Waals surface area (Å²) in [5, 5.41) is 18.5. The largest absolute Gasteiger partial charge is 0.494 e. The van der Waals surface area contributed by atoms with Crippen LogP contribution < -0.4 is 9.47 Å². The Morgan fingerprint density at radius 3 is 1.72 bits per heavy atom. The molecule has 0 atom stereocenters. The fourth-order valence-electron chi connectivity index (χ4n) is 1.77. The zero-order valence-corrected chi connectivity index (χ0v) is 16.0. The Hall–Kier alpha value is -1.84. The van der Waals surface area contributed by atoms with Gasteiger partial charge in [0.1, 0.15) is 17.2 Å². The predicted molar refractivity (Wildman–Crippen MR) is 97.7 cm³/mol. The fourth-order valence-corrected chi connectivity index (χ4v) is 2.66. The first kappa shape index (κ1) is 21.2. The highest BCUT2D eigenvalue weighted by atomic mass is 35.5. The van der Waals surface area contributed by atoms with Crippen molar-refractivity contribution in [2.75, 3.05) is 14.2 Å². The topological polar surface area (TPSA) is 79.5 Å². The molecule has 0 aliphatic heterocycles. The number of nitrogens with zero attached hydrogens (tertiary/aromatic N) is 1. The van der Waals surface area contributed by atoms with Crippen molar-refractivity contribution in [3.63, 3.8) is 0 Å². The summed E-state index contributed by atoms with van der Waals surface area (Å²) >= 11 is 22.8. The number of hydrogen-bond acceptors (Lipinski definition) is 4. The van der Waals surface area contributed by atoms with Gasteiger partial charge in [-0.1, -0.05) is 46.4 Å². The molecule has 0 fully saturated rings. The summed E-state index contributed by atoms with van der Waals surface area (Å²) in [5.41, 5.74) is 0.156. The number of hydrogen-bond donors (Lipinski definition) is 1. The first-order valence-corrected chi connectivity index (χ1v) is 7.97. The van der Waals surface area contributed by atoms with Gasteiger partial charge in [-0.15, -0.1) is 0 Å². The van der Waals surface area contributed by atoms with Crippen LogP contribution in [0.3, 0.4) is 0 Å². The fraction of sp³-hybridized carbons (Fsp3) is 0.125. The van der Waals surface area contributed by atoms with E-state index in [4.69, 9.17) is 66.2 Å². The lowest BCUT2D eigenvalue weighted by atomic mass is 10.2. The molecule has 1 N–H and O–H groups in total. The monoisotopic (exact) mass is 421 g/mol. The summed E-state index contributed by atoms with van der Waals surface area (Å²) in [5.74, 6) is -0.752. The van der Waals surface area contributed by atoms with E-state index in [0.717, 1.165) is 0 Å². The molecule has 0 radical (unpaired) electrons. The van der Waals surface area contributed by atoms with E-state index in [9.17, 15) is 4.79 Å². The van der Waals surface area contributed by atoms with Crippen molar-refractivity contribution in [2.45, 2.75) is 0 Å². The van der Waals surface area contributed by atoms with E-state index in [2.05, 4.69) is 0 Å². The zero-order chi connectivity index (χ0) is 19.1. The van der Waals surface area contributed by atoms with Gasteiger partial charge >= 0.3 is 5.97 Å². The minimum absolute atomic E-state index is 0.0849. The molecule has 0 aliphatic rings. The molecule has 0 bridgehead atoms. The van der Waals surface area contributed by atoms with E-state index in [1.807, 2.05) is 6.07 Å². The molecule has 2 rings (SSSR count). The SMILES string of the molecule is COc1c(Cl)ccc(Cl)c1C#N.COc1c(Cl)ccc(Cl)c1C(=O)O. The van der Waals surface area contributed by atoms with Gasteiger partial charge in [0.05, 0.1) is 34.3 Å². The van der Waals surface area contributed by atoms with Crippen LogP contribution in [-0.2, 0) is 0 Å². The van der Waals surface area contributed by atoms with Crippen molar-refractivity contribution in [3.05, 3.63) is 55.5 Å². The number of aromatic carboxylic acids is 1. The van der Waals surface area contributed by atoms with Gasteiger partial charge in [0.2, 0.25) is 0 Å². The molecule has 9 heteroatoms. The minimum atomic E-state index is -1.16. The van der Waals surface area contributed by atoms with Crippen molar-refractivity contribution >= 4 is 52.4 Å². The summed E-state index contributed by atoms with van der Waals surface area (Å²) in [7, 11) is 2.78. The number of carboxylic acids is 1. The Morgan fingerprint density at radius 2 is 1.36 bits per heavy atom. The molecule has 132 valence electrons. The molecule has 0 aliphatic carbocycles. The average molecular weight is 423 g/mol. The molecule has 0 amide bonds. The maximum atomic E-state index is 10.7. The molecule has 0 unspecified atom stereocenters. The first-order chi connectivity index (χ1) is 11.8. The average Bonchev–Trinajstić information content (AvgIpc) is 2.58. The predicted octanol–water partition coefficient (Wildman–Crippen LogP) is 5.57. The van der Waals surface area contributed by atoms with Crippen LogP contribution in [0.5, 0.6) is 11.5 Å². The lowest BCUT2D eigenvalue weighted by Crippen LogP contribution is -2.01. The number of rotatable bonds is 3. The van der Waals surface area contributed by atoms with Crippen molar-refractivity contribution in [1.29, 1.82) is 5.26 Å². The third kappa shape index (κ3) is 5.07. The van der Waals surface area contributed by atoms with Gasteiger partial charge < -0.3 is 14.6 Å². The Kier molecular flexibility index (Phi) is 8.14. The Bertz CT molecular complexity index is 834. The van der Waals surface area contributed by atoms with Crippen LogP contribution in [0.4, 0.5) is 0 Å². The van der Waals surface area contributed by atoms with Gasteiger partial charge in [-0.25, -0.2) is 4.79 Å². The lowest BCUT2D eigenvalue weighted by Gasteiger charge is -2.07. The highest BCUT2D eigenvalue weighted by Crippen LogP contribution is 2.34. The summed E-state index contributed by atoms with van der Waals surface area (Å²) in [6.45, 7) is 0. The minimum Gasteiger partial charge on any atom is -0.494 e. The lowest BCUT2D eigenvalue weighted by molar-refractivity contribution is 0.0693. The maximum Gasteiger partial charge on any atom is 0.341 e. The summed E-state index contributed by atoms with van der Waals surface area (Å²) in [6.07, 6.45) is 0. The molecule has 2 aromatic carbocycles. The molecule has 25 heavy (non-hydrogen) atoms. The van der Waals surface area contributed by atoms with Crippen LogP contribution >= 0.6 is 46.4 Å². The Balaban J connectivity index is 0.000000251. The highest BCUT2D eigenvalue weighted by Gasteiger charge is 2.18. The third-order valence-electron chi connectivity index (χ3n) is 2.85. The van der Waals surface area contributed by atoms with E-state index in [1.54, 1.807) is 12.1 Å². The zero-order valence-electron chi connectivity index (χ0n) is 12.9. The van der Waals surface area contributed by atoms with Gasteiger partial charge in [0.25, 0.3) is 0 Å². The summed E-state index contributed by atoms with van der Waals surface area (Å²) in [4.78, 5) is 10.7. The van der Waals surface area contributed by atoms with E-state index in [0.29, 0.717) is 15.8 Å². The standard InChI is InChI=1S/C8H5Cl2NO.C8H6Cl2O3/c1-12-8-5(4-11)6(9)2-3-7(8)10;1-13-7-5(10)3-2-4(9)6(7)8(11)12/h2-3H,1H3;2-3H,1H3,(H,11,12). The second-order valence-electron chi connectivity index (χ2n) is 4.29. The molecule has 0 saturated carbocycles. The highest BCUT2D eigenvalue weighted by molar-refractivity contribution is 6.37. The van der Waals surface area contributed by atoms with Crippen LogP contribution in [-0.4, -0.2) is 25.3 Å². The molecule has 2 aromatic rings. The van der Waals surface area contributed by atoms with E-state index in [1.165, 1.54) is 26.4 Å². The van der Waals surface area contributed by atoms with Crippen LogP contribution in [0, 0.1) is 11.3 Å². The van der Waals surface area contributed by atoms with Gasteiger partial charge in [-0.05, 0) is 24.3 Å². The number of halogens is 4. The Labute approximate surface area is 164 Å². The molecule has 0 aromatic heterocycles. The van der Waals surface area contributed by atoms with Gasteiger partial charge in [0.15, 0.2) is 11.5 Å². The molecule has 0 saturated heterocycles. The molecule has 0 spiro atoms. The quantitative estimate of drug-likeness (QED) is 0.698. The second kappa shape index (κ2) is 9.59. The van der Waals surface area contributed by atoms with Crippen LogP contribution in [0.25, 0.3) is 0 Å². The number of nitriles is 1. The van der Waals surface area contributed by atoms with Gasteiger partial charge in [-0.2, -0.15) is 5.26 Å². The number of ether oxygens (including phenoxy) is 2. The number of carbonyl (C=O) groups is 1. The second-order valence-corrected chi connectivity index (χ2v) is 5.92. The van der Waals surface area contributed by atoms with Crippen molar-refractivity contribution in [2.24, 2.45) is 0 Å².